The van der Waals surface area contributed by atoms with Crippen molar-refractivity contribution in [2.45, 2.75) is 20.3 Å². The van der Waals surface area contributed by atoms with E-state index < -0.39 is 0 Å². The van der Waals surface area contributed by atoms with Crippen molar-refractivity contribution in [2.24, 2.45) is 0 Å². The monoisotopic (exact) mass is 349 g/mol. The van der Waals surface area contributed by atoms with Crippen molar-refractivity contribution in [1.29, 1.82) is 0 Å². The number of halogens is 1. The van der Waals surface area contributed by atoms with Crippen LogP contribution in [0.1, 0.15) is 18.2 Å². The van der Waals surface area contributed by atoms with Crippen molar-refractivity contribution >= 4 is 21.7 Å². The Kier molecular flexibility index (Phi) is 3.71. The lowest BCUT2D eigenvalue weighted by atomic mass is 10.1. The third-order valence-electron chi connectivity index (χ3n) is 3.49. The van der Waals surface area contributed by atoms with E-state index >= 15 is 0 Å². The number of rotatable bonds is 3. The molecular weight excluding hydrogens is 334 g/mol. The summed E-state index contributed by atoms with van der Waals surface area (Å²) in [6.45, 7) is 4.35. The number of aryl methyl sites for hydroxylation is 1. The molecule has 0 saturated carbocycles. The molecule has 0 fully saturated rings. The van der Waals surface area contributed by atoms with Gasteiger partial charge < -0.3 is 14.8 Å². The molecule has 1 N–H and O–H groups in total. The van der Waals surface area contributed by atoms with Crippen molar-refractivity contribution in [2.75, 3.05) is 19.2 Å². The summed E-state index contributed by atoms with van der Waals surface area (Å²) in [5.74, 6) is 2.99. The number of anilines is 1. The molecular formula is C15H16BrN3O2. The maximum Gasteiger partial charge on any atom is 0.231 e. The molecule has 2 heterocycles. The maximum atomic E-state index is 5.45. The Morgan fingerprint density at radius 2 is 2.10 bits per heavy atom. The third kappa shape index (κ3) is 2.44. The minimum Gasteiger partial charge on any atom is -0.454 e. The predicted octanol–water partition coefficient (Wildman–Crippen LogP) is 3.55. The number of hydrogen-bond acceptors (Lipinski definition) is 5. The van der Waals surface area contributed by atoms with Crippen LogP contribution in [0.3, 0.4) is 0 Å². The second-order valence-electron chi connectivity index (χ2n) is 4.76. The normalized spacial score (nSPS) is 12.6. The lowest BCUT2D eigenvalue weighted by Crippen LogP contribution is -2.05. The Morgan fingerprint density at radius 1 is 1.29 bits per heavy atom. The van der Waals surface area contributed by atoms with Crippen LogP contribution < -0.4 is 14.8 Å². The summed E-state index contributed by atoms with van der Waals surface area (Å²) in [6.07, 6.45) is 0.896. The lowest BCUT2D eigenvalue weighted by molar-refractivity contribution is 0.173. The quantitative estimate of drug-likeness (QED) is 0.918. The number of nitrogens with one attached hydrogen (secondary N) is 1. The fourth-order valence-electron chi connectivity index (χ4n) is 2.45. The second kappa shape index (κ2) is 5.52. The molecule has 0 bridgehead atoms. The van der Waals surface area contributed by atoms with E-state index in [1.165, 1.54) is 0 Å². The molecule has 0 radical (unpaired) electrons. The fourth-order valence-corrected chi connectivity index (χ4v) is 3.01. The van der Waals surface area contributed by atoms with E-state index in [4.69, 9.17) is 9.47 Å². The van der Waals surface area contributed by atoms with E-state index in [-0.39, 0.29) is 6.79 Å². The van der Waals surface area contributed by atoms with Crippen LogP contribution in [-0.2, 0) is 6.42 Å². The second-order valence-corrected chi connectivity index (χ2v) is 5.61. The number of ether oxygens (including phenoxy) is 2. The Balaban J connectivity index is 2.13. The number of aromatic nitrogens is 2. The minimum atomic E-state index is 0.244. The number of benzene rings is 1. The molecule has 5 nitrogen and oxygen atoms in total. The number of hydrogen-bond donors (Lipinski definition) is 1. The van der Waals surface area contributed by atoms with Gasteiger partial charge in [-0.2, -0.15) is 0 Å². The molecule has 0 saturated heterocycles. The van der Waals surface area contributed by atoms with Crippen LogP contribution in [0.5, 0.6) is 11.5 Å². The molecule has 1 aliphatic heterocycles. The molecule has 1 aromatic heterocycles. The first-order chi connectivity index (χ1) is 10.1. The molecule has 0 aliphatic carbocycles. The van der Waals surface area contributed by atoms with Crippen LogP contribution >= 0.6 is 15.9 Å². The van der Waals surface area contributed by atoms with Gasteiger partial charge in [0.25, 0.3) is 0 Å². The summed E-state index contributed by atoms with van der Waals surface area (Å²) in [5.41, 5.74) is 3.02. The van der Waals surface area contributed by atoms with Gasteiger partial charge in [0.2, 0.25) is 6.79 Å². The van der Waals surface area contributed by atoms with Gasteiger partial charge in [0.15, 0.2) is 17.3 Å². The molecule has 1 aliphatic rings. The standard InChI is InChI=1S/C15H16BrN3O2/c1-4-10-8(2)18-14(19-15(10)17-3)9-5-11(16)13-12(6-9)20-7-21-13/h5-6H,4,7H2,1-3H3,(H,17,18,19). The summed E-state index contributed by atoms with van der Waals surface area (Å²) >= 11 is 3.50. The first-order valence-corrected chi connectivity index (χ1v) is 7.58. The van der Waals surface area contributed by atoms with E-state index in [0.717, 1.165) is 39.3 Å². The highest BCUT2D eigenvalue weighted by Gasteiger charge is 2.20. The zero-order valence-electron chi connectivity index (χ0n) is 12.2. The average molecular weight is 350 g/mol. The first-order valence-electron chi connectivity index (χ1n) is 6.78. The van der Waals surface area contributed by atoms with Gasteiger partial charge in [0, 0.05) is 23.9 Å². The molecule has 0 spiro atoms. The minimum absolute atomic E-state index is 0.244. The van der Waals surface area contributed by atoms with Crippen LogP contribution in [0.4, 0.5) is 5.82 Å². The van der Waals surface area contributed by atoms with Crippen molar-refractivity contribution in [1.82, 2.24) is 9.97 Å². The topological polar surface area (TPSA) is 56.3 Å². The SMILES string of the molecule is CCc1c(C)nc(-c2cc(Br)c3c(c2)OCO3)nc1NC. The lowest BCUT2D eigenvalue weighted by Gasteiger charge is -2.12. The zero-order valence-corrected chi connectivity index (χ0v) is 13.7. The van der Waals surface area contributed by atoms with E-state index in [1.54, 1.807) is 0 Å². The first kappa shape index (κ1) is 14.1. The van der Waals surface area contributed by atoms with Crippen molar-refractivity contribution in [3.05, 3.63) is 27.9 Å². The molecule has 21 heavy (non-hydrogen) atoms. The number of nitrogens with zero attached hydrogens (tertiary/aromatic N) is 2. The largest absolute Gasteiger partial charge is 0.454 e. The maximum absolute atomic E-state index is 5.45. The van der Waals surface area contributed by atoms with Gasteiger partial charge in [-0.15, -0.1) is 0 Å². The van der Waals surface area contributed by atoms with Crippen LogP contribution in [0.15, 0.2) is 16.6 Å². The van der Waals surface area contributed by atoms with Gasteiger partial charge in [-0.25, -0.2) is 9.97 Å². The van der Waals surface area contributed by atoms with Crippen molar-refractivity contribution in [3.63, 3.8) is 0 Å². The van der Waals surface area contributed by atoms with Crippen LogP contribution in [0.25, 0.3) is 11.4 Å². The summed E-state index contributed by atoms with van der Waals surface area (Å²) < 4.78 is 11.7. The Bertz CT molecular complexity index is 704. The van der Waals surface area contributed by atoms with Gasteiger partial charge in [0.1, 0.15) is 5.82 Å². The van der Waals surface area contributed by atoms with E-state index in [9.17, 15) is 0 Å². The van der Waals surface area contributed by atoms with Gasteiger partial charge >= 0.3 is 0 Å². The molecule has 110 valence electrons. The summed E-state index contributed by atoms with van der Waals surface area (Å²) in [7, 11) is 1.88. The Morgan fingerprint density at radius 3 is 2.81 bits per heavy atom. The Hall–Kier alpha value is -1.82. The van der Waals surface area contributed by atoms with E-state index in [1.807, 2.05) is 26.1 Å². The summed E-state index contributed by atoms with van der Waals surface area (Å²) in [6, 6.07) is 3.86. The average Bonchev–Trinajstić information content (AvgIpc) is 2.95. The fraction of sp³-hybridized carbons (Fsp3) is 0.333. The van der Waals surface area contributed by atoms with Crippen LogP contribution in [0.2, 0.25) is 0 Å². The zero-order chi connectivity index (χ0) is 15.0. The number of fused-ring (bicyclic) bond motifs is 1. The van der Waals surface area contributed by atoms with Gasteiger partial charge in [-0.3, -0.25) is 0 Å². The third-order valence-corrected chi connectivity index (χ3v) is 4.08. The van der Waals surface area contributed by atoms with Gasteiger partial charge in [-0.1, -0.05) is 6.92 Å². The van der Waals surface area contributed by atoms with Gasteiger partial charge in [-0.05, 0) is 41.4 Å². The smallest absolute Gasteiger partial charge is 0.231 e. The van der Waals surface area contributed by atoms with Crippen LogP contribution in [0, 0.1) is 6.92 Å². The van der Waals surface area contributed by atoms with Crippen LogP contribution in [-0.4, -0.2) is 23.8 Å². The highest BCUT2D eigenvalue weighted by atomic mass is 79.9. The Labute approximate surface area is 131 Å². The molecule has 6 heteroatoms. The van der Waals surface area contributed by atoms with Crippen molar-refractivity contribution < 1.29 is 9.47 Å². The summed E-state index contributed by atoms with van der Waals surface area (Å²) in [4.78, 5) is 9.24. The molecule has 2 aromatic rings. The highest BCUT2D eigenvalue weighted by Crippen LogP contribution is 2.42. The molecule has 1 aromatic carbocycles. The van der Waals surface area contributed by atoms with E-state index in [0.29, 0.717) is 11.6 Å². The van der Waals surface area contributed by atoms with Crippen molar-refractivity contribution in [3.8, 4) is 22.9 Å². The van der Waals surface area contributed by atoms with Gasteiger partial charge in [0.05, 0.1) is 4.47 Å². The molecule has 3 rings (SSSR count). The summed E-state index contributed by atoms with van der Waals surface area (Å²) in [5, 5.41) is 3.15. The van der Waals surface area contributed by atoms with E-state index in [2.05, 4.69) is 38.1 Å². The molecule has 0 amide bonds. The molecule has 0 atom stereocenters. The predicted molar refractivity (Wildman–Crippen MR) is 85.0 cm³/mol. The highest BCUT2D eigenvalue weighted by molar-refractivity contribution is 9.10. The molecule has 0 unspecified atom stereocenters.